The van der Waals surface area contributed by atoms with E-state index in [-0.39, 0.29) is 5.60 Å². The highest BCUT2D eigenvalue weighted by atomic mass is 16.5. The normalized spacial score (nSPS) is 17.1. The summed E-state index contributed by atoms with van der Waals surface area (Å²) in [5.74, 6) is 2.27. The second kappa shape index (κ2) is 4.84. The number of hydrogen-bond donors (Lipinski definition) is 1. The van der Waals surface area contributed by atoms with Gasteiger partial charge in [-0.2, -0.15) is 0 Å². The van der Waals surface area contributed by atoms with Crippen molar-refractivity contribution < 1.29 is 14.2 Å². The second-order valence-corrected chi connectivity index (χ2v) is 4.40. The van der Waals surface area contributed by atoms with Crippen LogP contribution in [-0.4, -0.2) is 32.4 Å². The third kappa shape index (κ3) is 2.64. The van der Waals surface area contributed by atoms with E-state index in [1.807, 2.05) is 25.1 Å². The Morgan fingerprint density at radius 3 is 2.59 bits per heavy atom. The third-order valence-corrected chi connectivity index (χ3v) is 2.80. The molecule has 17 heavy (non-hydrogen) atoms. The van der Waals surface area contributed by atoms with Gasteiger partial charge in [0, 0.05) is 19.2 Å². The molecule has 4 heteroatoms. The summed E-state index contributed by atoms with van der Waals surface area (Å²) in [5, 5.41) is 3.20. The average molecular weight is 237 g/mol. The van der Waals surface area contributed by atoms with Crippen LogP contribution in [0.5, 0.6) is 17.2 Å². The molecule has 0 unspecified atom stereocenters. The molecule has 0 aromatic heterocycles. The van der Waals surface area contributed by atoms with Crippen molar-refractivity contribution in [1.29, 1.82) is 0 Å². The lowest BCUT2D eigenvalue weighted by molar-refractivity contribution is 0.0346. The van der Waals surface area contributed by atoms with Gasteiger partial charge in [0.05, 0.1) is 13.7 Å². The molecular formula is C13H19NO3. The van der Waals surface area contributed by atoms with Crippen LogP contribution in [0.15, 0.2) is 18.2 Å². The summed E-state index contributed by atoms with van der Waals surface area (Å²) in [4.78, 5) is 0. The molecule has 1 aromatic rings. The summed E-state index contributed by atoms with van der Waals surface area (Å²) in [6.45, 7) is 6.42. The van der Waals surface area contributed by atoms with Gasteiger partial charge in [-0.15, -0.1) is 0 Å². The van der Waals surface area contributed by atoms with Crippen LogP contribution in [0.25, 0.3) is 0 Å². The van der Waals surface area contributed by atoms with Crippen molar-refractivity contribution in [1.82, 2.24) is 5.32 Å². The van der Waals surface area contributed by atoms with E-state index in [0.29, 0.717) is 12.4 Å². The molecule has 1 fully saturated rings. The van der Waals surface area contributed by atoms with E-state index in [9.17, 15) is 0 Å². The predicted octanol–water partition coefficient (Wildman–Crippen LogP) is 1.83. The van der Waals surface area contributed by atoms with Crippen LogP contribution in [-0.2, 0) is 0 Å². The number of rotatable bonds is 5. The first kappa shape index (κ1) is 12.0. The summed E-state index contributed by atoms with van der Waals surface area (Å²) in [7, 11) is 1.63. The van der Waals surface area contributed by atoms with E-state index >= 15 is 0 Å². The number of nitrogens with one attached hydrogen (secondary N) is 1. The Balaban J connectivity index is 2.13. The lowest BCUT2D eigenvalue weighted by Gasteiger charge is -2.39. The van der Waals surface area contributed by atoms with Gasteiger partial charge >= 0.3 is 0 Å². The molecule has 1 aliphatic heterocycles. The molecule has 1 aromatic carbocycles. The number of benzene rings is 1. The van der Waals surface area contributed by atoms with Gasteiger partial charge in [0.15, 0.2) is 11.5 Å². The lowest BCUT2D eigenvalue weighted by atomic mass is 10.00. The molecule has 0 aliphatic carbocycles. The smallest absolute Gasteiger partial charge is 0.164 e. The molecule has 1 saturated heterocycles. The number of methoxy groups -OCH3 is 1. The third-order valence-electron chi connectivity index (χ3n) is 2.80. The van der Waals surface area contributed by atoms with Crippen LogP contribution in [0, 0.1) is 0 Å². The highest BCUT2D eigenvalue weighted by Crippen LogP contribution is 2.33. The Kier molecular flexibility index (Phi) is 3.43. The molecule has 0 amide bonds. The minimum absolute atomic E-state index is 0.0991. The van der Waals surface area contributed by atoms with Crippen LogP contribution in [0.4, 0.5) is 0 Å². The standard InChI is InChI=1S/C13H19NO3/c1-4-16-11-6-5-10(7-12(11)15-3)17-13(2)8-14-9-13/h5-7,14H,4,8-9H2,1-3H3. The zero-order valence-electron chi connectivity index (χ0n) is 10.6. The highest BCUT2D eigenvalue weighted by molar-refractivity contribution is 5.45. The lowest BCUT2D eigenvalue weighted by Crippen LogP contribution is -2.60. The molecule has 1 aliphatic rings. The number of hydrogen-bond acceptors (Lipinski definition) is 4. The first-order chi connectivity index (χ1) is 8.17. The van der Waals surface area contributed by atoms with Crippen molar-refractivity contribution >= 4 is 0 Å². The fraction of sp³-hybridized carbons (Fsp3) is 0.538. The average Bonchev–Trinajstić information content (AvgIpc) is 2.29. The molecule has 0 radical (unpaired) electrons. The van der Waals surface area contributed by atoms with Gasteiger partial charge in [-0.25, -0.2) is 0 Å². The summed E-state index contributed by atoms with van der Waals surface area (Å²) < 4.78 is 16.7. The van der Waals surface area contributed by atoms with Crippen molar-refractivity contribution in [3.05, 3.63) is 18.2 Å². The monoisotopic (exact) mass is 237 g/mol. The van der Waals surface area contributed by atoms with Crippen LogP contribution in [0.3, 0.4) is 0 Å². The maximum absolute atomic E-state index is 5.92. The van der Waals surface area contributed by atoms with Crippen molar-refractivity contribution in [2.45, 2.75) is 19.4 Å². The molecule has 2 rings (SSSR count). The Hall–Kier alpha value is -1.42. The maximum atomic E-state index is 5.92. The first-order valence-electron chi connectivity index (χ1n) is 5.87. The Bertz CT molecular complexity index is 388. The first-order valence-corrected chi connectivity index (χ1v) is 5.87. The Morgan fingerprint density at radius 1 is 1.29 bits per heavy atom. The van der Waals surface area contributed by atoms with E-state index in [1.54, 1.807) is 7.11 Å². The molecule has 0 spiro atoms. The fourth-order valence-electron chi connectivity index (χ4n) is 1.82. The Labute approximate surface area is 102 Å². The van der Waals surface area contributed by atoms with Gasteiger partial charge in [0.1, 0.15) is 11.4 Å². The van der Waals surface area contributed by atoms with Crippen LogP contribution in [0.2, 0.25) is 0 Å². The summed E-state index contributed by atoms with van der Waals surface area (Å²) in [6.07, 6.45) is 0. The molecule has 0 bridgehead atoms. The largest absolute Gasteiger partial charge is 0.493 e. The molecule has 0 atom stereocenters. The second-order valence-electron chi connectivity index (χ2n) is 4.40. The van der Waals surface area contributed by atoms with E-state index in [1.165, 1.54) is 0 Å². The van der Waals surface area contributed by atoms with Crippen molar-refractivity contribution in [2.75, 3.05) is 26.8 Å². The molecular weight excluding hydrogens is 218 g/mol. The van der Waals surface area contributed by atoms with E-state index in [0.717, 1.165) is 24.6 Å². The van der Waals surface area contributed by atoms with Crippen LogP contribution >= 0.6 is 0 Å². The quantitative estimate of drug-likeness (QED) is 0.848. The minimum Gasteiger partial charge on any atom is -0.493 e. The van der Waals surface area contributed by atoms with Gasteiger partial charge in [0.2, 0.25) is 0 Å². The Morgan fingerprint density at radius 2 is 2.06 bits per heavy atom. The van der Waals surface area contributed by atoms with Crippen molar-refractivity contribution in [2.24, 2.45) is 0 Å². The predicted molar refractivity (Wildman–Crippen MR) is 66.1 cm³/mol. The SMILES string of the molecule is CCOc1ccc(OC2(C)CNC2)cc1OC. The molecule has 1 heterocycles. The summed E-state index contributed by atoms with van der Waals surface area (Å²) in [5.41, 5.74) is -0.0991. The number of ether oxygens (including phenoxy) is 3. The van der Waals surface area contributed by atoms with Crippen molar-refractivity contribution in [3.63, 3.8) is 0 Å². The van der Waals surface area contributed by atoms with Gasteiger partial charge in [-0.1, -0.05) is 0 Å². The van der Waals surface area contributed by atoms with Crippen LogP contribution < -0.4 is 19.5 Å². The molecule has 0 saturated carbocycles. The molecule has 4 nitrogen and oxygen atoms in total. The van der Waals surface area contributed by atoms with Gasteiger partial charge in [-0.3, -0.25) is 0 Å². The fourth-order valence-corrected chi connectivity index (χ4v) is 1.82. The van der Waals surface area contributed by atoms with Gasteiger partial charge < -0.3 is 19.5 Å². The summed E-state index contributed by atoms with van der Waals surface area (Å²) >= 11 is 0. The van der Waals surface area contributed by atoms with E-state index in [4.69, 9.17) is 14.2 Å². The highest BCUT2D eigenvalue weighted by Gasteiger charge is 2.33. The molecule has 1 N–H and O–H groups in total. The molecule has 94 valence electrons. The van der Waals surface area contributed by atoms with E-state index < -0.39 is 0 Å². The van der Waals surface area contributed by atoms with Crippen molar-refractivity contribution in [3.8, 4) is 17.2 Å². The van der Waals surface area contributed by atoms with Gasteiger partial charge in [-0.05, 0) is 26.0 Å². The summed E-state index contributed by atoms with van der Waals surface area (Å²) in [6, 6.07) is 5.67. The minimum atomic E-state index is -0.0991. The zero-order chi connectivity index (χ0) is 12.3. The van der Waals surface area contributed by atoms with Crippen LogP contribution in [0.1, 0.15) is 13.8 Å². The van der Waals surface area contributed by atoms with E-state index in [2.05, 4.69) is 12.2 Å². The van der Waals surface area contributed by atoms with Gasteiger partial charge in [0.25, 0.3) is 0 Å². The zero-order valence-corrected chi connectivity index (χ0v) is 10.6. The maximum Gasteiger partial charge on any atom is 0.164 e. The topological polar surface area (TPSA) is 39.7 Å².